The van der Waals surface area contributed by atoms with Gasteiger partial charge in [-0.2, -0.15) is 0 Å². The maximum absolute atomic E-state index is 12.9. The predicted octanol–water partition coefficient (Wildman–Crippen LogP) is 2.78. The number of anilines is 1. The molecule has 0 bridgehead atoms. The van der Waals surface area contributed by atoms with Crippen molar-refractivity contribution in [1.82, 2.24) is 14.9 Å². The van der Waals surface area contributed by atoms with Crippen molar-refractivity contribution >= 4 is 17.9 Å². The molecule has 4 rings (SSSR count). The number of rotatable bonds is 4. The Balaban J connectivity index is 1.34. The Hall–Kier alpha value is -2.73. The number of carbonyl (C=O) groups is 1. The normalized spacial score (nSPS) is 19.9. The second-order valence-corrected chi connectivity index (χ2v) is 7.40. The second-order valence-electron chi connectivity index (χ2n) is 7.40. The molecule has 0 atom stereocenters. The Morgan fingerprint density at radius 2 is 1.79 bits per heavy atom. The van der Waals surface area contributed by atoms with Crippen molar-refractivity contribution in [3.05, 3.63) is 60.4 Å². The molecule has 0 aliphatic carbocycles. The van der Waals surface area contributed by atoms with E-state index in [1.807, 2.05) is 29.2 Å². The molecule has 0 unspecified atom stereocenters. The fourth-order valence-electron chi connectivity index (χ4n) is 3.90. The highest BCUT2D eigenvalue weighted by molar-refractivity contribution is 5.78. The fourth-order valence-corrected chi connectivity index (χ4v) is 3.90. The van der Waals surface area contributed by atoms with Gasteiger partial charge in [-0.3, -0.25) is 4.79 Å². The number of ether oxygens (including phenoxy) is 1. The Labute approximate surface area is 165 Å². The van der Waals surface area contributed by atoms with Crippen LogP contribution in [0.5, 0.6) is 0 Å². The third-order valence-corrected chi connectivity index (χ3v) is 5.54. The van der Waals surface area contributed by atoms with Crippen LogP contribution in [0.3, 0.4) is 0 Å². The lowest BCUT2D eigenvalue weighted by atomic mass is 9.87. The fraction of sp³-hybridized carbons (Fsp3) is 0.409. The summed E-state index contributed by atoms with van der Waals surface area (Å²) in [6, 6.07) is 12.0. The summed E-state index contributed by atoms with van der Waals surface area (Å²) in [4.78, 5) is 25.6. The Kier molecular flexibility index (Phi) is 5.67. The van der Waals surface area contributed by atoms with E-state index < -0.39 is 0 Å². The van der Waals surface area contributed by atoms with Crippen LogP contribution in [-0.2, 0) is 9.53 Å². The first-order valence-corrected chi connectivity index (χ1v) is 9.89. The minimum atomic E-state index is -0.347. The minimum Gasteiger partial charge on any atom is -0.372 e. The average Bonchev–Trinajstić information content (AvgIpc) is 2.89. The van der Waals surface area contributed by atoms with Gasteiger partial charge in [0, 0.05) is 38.6 Å². The third-order valence-electron chi connectivity index (χ3n) is 5.54. The zero-order valence-corrected chi connectivity index (χ0v) is 16.0. The molecule has 28 heavy (non-hydrogen) atoms. The number of benzene rings is 1. The van der Waals surface area contributed by atoms with E-state index in [1.54, 1.807) is 12.4 Å². The first kappa shape index (κ1) is 18.6. The van der Waals surface area contributed by atoms with Crippen LogP contribution >= 0.6 is 0 Å². The van der Waals surface area contributed by atoms with Gasteiger partial charge in [0.2, 0.25) is 11.9 Å². The molecule has 3 heterocycles. The summed E-state index contributed by atoms with van der Waals surface area (Å²) >= 11 is 0. The van der Waals surface area contributed by atoms with Gasteiger partial charge < -0.3 is 14.5 Å². The Bertz CT molecular complexity index is 802. The molecule has 2 aliphatic rings. The number of nitrogens with zero attached hydrogens (tertiary/aromatic N) is 4. The van der Waals surface area contributed by atoms with Gasteiger partial charge in [-0.25, -0.2) is 9.97 Å². The van der Waals surface area contributed by atoms with E-state index in [1.165, 1.54) is 0 Å². The van der Waals surface area contributed by atoms with E-state index >= 15 is 0 Å². The summed E-state index contributed by atoms with van der Waals surface area (Å²) in [6.07, 6.45) is 9.75. The van der Waals surface area contributed by atoms with Gasteiger partial charge in [-0.15, -0.1) is 0 Å². The van der Waals surface area contributed by atoms with Crippen LogP contribution < -0.4 is 4.90 Å². The van der Waals surface area contributed by atoms with Gasteiger partial charge in [0.05, 0.1) is 18.6 Å². The summed E-state index contributed by atoms with van der Waals surface area (Å²) in [7, 11) is 0. The highest BCUT2D eigenvalue weighted by atomic mass is 16.5. The zero-order chi connectivity index (χ0) is 19.2. The molecular weight excluding hydrogens is 352 g/mol. The molecule has 1 aromatic carbocycles. The van der Waals surface area contributed by atoms with Crippen LogP contribution in [0, 0.1) is 0 Å². The SMILES string of the molecule is O=C1CC2(CCN(c3ncccn3)CC2)OCCN1C/C=C/c1ccccc1. The maximum atomic E-state index is 12.9. The Morgan fingerprint density at radius 1 is 1.04 bits per heavy atom. The van der Waals surface area contributed by atoms with Crippen molar-refractivity contribution in [2.45, 2.75) is 24.9 Å². The van der Waals surface area contributed by atoms with E-state index in [9.17, 15) is 4.79 Å². The lowest BCUT2D eigenvalue weighted by Gasteiger charge is -2.40. The van der Waals surface area contributed by atoms with Crippen LogP contribution in [0.15, 0.2) is 54.9 Å². The molecule has 2 saturated heterocycles. The number of hydrogen-bond donors (Lipinski definition) is 0. The first-order valence-electron chi connectivity index (χ1n) is 9.89. The highest BCUT2D eigenvalue weighted by Gasteiger charge is 2.40. The number of piperidine rings is 1. The molecule has 0 N–H and O–H groups in total. The average molecular weight is 378 g/mol. The van der Waals surface area contributed by atoms with Crippen LogP contribution in [0.2, 0.25) is 0 Å². The molecule has 2 aliphatic heterocycles. The highest BCUT2D eigenvalue weighted by Crippen LogP contribution is 2.33. The summed E-state index contributed by atoms with van der Waals surface area (Å²) in [5.74, 6) is 0.935. The van der Waals surface area contributed by atoms with Gasteiger partial charge in [-0.05, 0) is 24.5 Å². The van der Waals surface area contributed by atoms with Gasteiger partial charge in [0.1, 0.15) is 0 Å². The quantitative estimate of drug-likeness (QED) is 0.819. The second kappa shape index (κ2) is 8.52. The van der Waals surface area contributed by atoms with Gasteiger partial charge in [-0.1, -0.05) is 42.5 Å². The predicted molar refractivity (Wildman–Crippen MR) is 109 cm³/mol. The summed E-state index contributed by atoms with van der Waals surface area (Å²) in [5, 5.41) is 0. The largest absolute Gasteiger partial charge is 0.372 e. The molecule has 1 amide bonds. The first-order chi connectivity index (χ1) is 13.7. The number of carbonyl (C=O) groups excluding carboxylic acids is 1. The van der Waals surface area contributed by atoms with Gasteiger partial charge in [0.15, 0.2) is 0 Å². The summed E-state index contributed by atoms with van der Waals surface area (Å²) in [6.45, 7) is 3.48. The zero-order valence-electron chi connectivity index (χ0n) is 16.0. The standard InChI is InChI=1S/C22H26N4O2/c27-20-18-22(9-14-26(15-10-22)21-23-11-5-12-24-21)28-17-16-25(20)13-4-8-19-6-2-1-3-7-19/h1-8,11-12H,9-10,13-18H2/b8-4+. The minimum absolute atomic E-state index is 0.180. The monoisotopic (exact) mass is 378 g/mol. The lowest BCUT2D eigenvalue weighted by Crippen LogP contribution is -2.47. The van der Waals surface area contributed by atoms with E-state index in [-0.39, 0.29) is 11.5 Å². The number of aromatic nitrogens is 2. The van der Waals surface area contributed by atoms with Crippen molar-refractivity contribution in [2.75, 3.05) is 37.7 Å². The molecule has 6 heteroatoms. The van der Waals surface area contributed by atoms with E-state index in [0.717, 1.165) is 37.4 Å². The molecule has 2 aromatic rings. The molecule has 2 fully saturated rings. The topological polar surface area (TPSA) is 58.6 Å². The lowest BCUT2D eigenvalue weighted by molar-refractivity contribution is -0.133. The van der Waals surface area contributed by atoms with Crippen LogP contribution in [-0.4, -0.2) is 59.2 Å². The molecule has 0 saturated carbocycles. The maximum Gasteiger partial charge on any atom is 0.225 e. The van der Waals surface area contributed by atoms with E-state index in [2.05, 4.69) is 39.2 Å². The molecule has 1 spiro atoms. The molecule has 6 nitrogen and oxygen atoms in total. The number of amides is 1. The van der Waals surface area contributed by atoms with E-state index in [4.69, 9.17) is 4.74 Å². The summed E-state index contributed by atoms with van der Waals surface area (Å²) in [5.41, 5.74) is 0.799. The van der Waals surface area contributed by atoms with Crippen LogP contribution in [0.1, 0.15) is 24.8 Å². The smallest absolute Gasteiger partial charge is 0.225 e. The molecule has 146 valence electrons. The number of hydrogen-bond acceptors (Lipinski definition) is 5. The third kappa shape index (κ3) is 4.39. The Morgan fingerprint density at radius 3 is 2.54 bits per heavy atom. The summed E-state index contributed by atoms with van der Waals surface area (Å²) < 4.78 is 6.23. The van der Waals surface area contributed by atoms with Crippen molar-refractivity contribution in [2.24, 2.45) is 0 Å². The van der Waals surface area contributed by atoms with Crippen molar-refractivity contribution in [1.29, 1.82) is 0 Å². The van der Waals surface area contributed by atoms with Crippen LogP contribution in [0.4, 0.5) is 5.95 Å². The van der Waals surface area contributed by atoms with Gasteiger partial charge >= 0.3 is 0 Å². The van der Waals surface area contributed by atoms with Crippen molar-refractivity contribution in [3.8, 4) is 0 Å². The van der Waals surface area contributed by atoms with Crippen molar-refractivity contribution in [3.63, 3.8) is 0 Å². The van der Waals surface area contributed by atoms with E-state index in [0.29, 0.717) is 26.1 Å². The van der Waals surface area contributed by atoms with Gasteiger partial charge in [0.25, 0.3) is 0 Å². The molecule has 0 radical (unpaired) electrons. The van der Waals surface area contributed by atoms with Crippen molar-refractivity contribution < 1.29 is 9.53 Å². The molecular formula is C22H26N4O2. The van der Waals surface area contributed by atoms with Crippen LogP contribution in [0.25, 0.3) is 6.08 Å². The molecule has 1 aromatic heterocycles.